The number of amides is 1. The molecule has 2 aliphatic carbocycles. The lowest BCUT2D eigenvalue weighted by atomic mass is 9.89. The molecule has 0 aliphatic heterocycles. The van der Waals surface area contributed by atoms with Crippen molar-refractivity contribution in [3.8, 4) is 0 Å². The van der Waals surface area contributed by atoms with Crippen molar-refractivity contribution in [3.05, 3.63) is 46.5 Å². The number of anilines is 3. The van der Waals surface area contributed by atoms with Gasteiger partial charge in [0, 0.05) is 19.3 Å². The zero-order chi connectivity index (χ0) is 22.4. The number of hydrogen-bond acceptors (Lipinski definition) is 7. The third-order valence-electron chi connectivity index (χ3n) is 6.28. The summed E-state index contributed by atoms with van der Waals surface area (Å²) in [6, 6.07) is 4.31. The summed E-state index contributed by atoms with van der Waals surface area (Å²) in [5, 5.41) is 22.9. The quantitative estimate of drug-likeness (QED) is 0.458. The molecule has 32 heavy (non-hydrogen) atoms. The van der Waals surface area contributed by atoms with Crippen LogP contribution in [-0.4, -0.2) is 55.5 Å². The predicted octanol–water partition coefficient (Wildman–Crippen LogP) is 1.60. The van der Waals surface area contributed by atoms with Crippen LogP contribution >= 0.6 is 0 Å². The molecular weight excluding hydrogens is 417 g/mol. The Morgan fingerprint density at radius 3 is 2.75 bits per heavy atom. The van der Waals surface area contributed by atoms with Crippen molar-refractivity contribution in [1.82, 2.24) is 24.5 Å². The number of nitrogens with zero attached hydrogens (tertiary/aromatic N) is 4. The van der Waals surface area contributed by atoms with Gasteiger partial charge in [-0.05, 0) is 37.8 Å². The Balaban J connectivity index is 1.48. The minimum Gasteiger partial charge on any atom is -0.391 e. The average molecular weight is 441 g/mol. The van der Waals surface area contributed by atoms with Crippen molar-refractivity contribution < 1.29 is 14.3 Å². The van der Waals surface area contributed by atoms with Crippen LogP contribution < -0.4 is 21.5 Å². The minimum absolute atomic E-state index is 0.215. The predicted molar refractivity (Wildman–Crippen MR) is 116 cm³/mol. The lowest BCUT2D eigenvalue weighted by Crippen LogP contribution is -2.48. The molecule has 4 N–H and O–H groups in total. The molecular formula is C21H24FN7O3. The molecule has 0 aromatic carbocycles. The van der Waals surface area contributed by atoms with Crippen LogP contribution in [0, 0.1) is 0 Å². The average Bonchev–Trinajstić information content (AvgIpc) is 3.21. The molecule has 2 fully saturated rings. The first-order valence-corrected chi connectivity index (χ1v) is 10.6. The van der Waals surface area contributed by atoms with Gasteiger partial charge in [-0.25, -0.2) is 9.37 Å². The van der Waals surface area contributed by atoms with Gasteiger partial charge in [-0.1, -0.05) is 0 Å². The van der Waals surface area contributed by atoms with Crippen LogP contribution in [0.4, 0.5) is 21.7 Å². The number of aliphatic hydroxyl groups is 1. The van der Waals surface area contributed by atoms with E-state index in [0.29, 0.717) is 36.6 Å². The van der Waals surface area contributed by atoms with E-state index in [-0.39, 0.29) is 22.8 Å². The van der Waals surface area contributed by atoms with Crippen LogP contribution in [0.3, 0.4) is 0 Å². The van der Waals surface area contributed by atoms with Crippen molar-refractivity contribution >= 4 is 28.9 Å². The molecule has 1 unspecified atom stereocenters. The number of carbonyl (C=O) groups excluding carboxylic acids is 1. The molecule has 1 amide bonds. The van der Waals surface area contributed by atoms with E-state index in [9.17, 15) is 19.1 Å². The summed E-state index contributed by atoms with van der Waals surface area (Å²) in [6.07, 6.45) is 3.96. The fourth-order valence-electron chi connectivity index (χ4n) is 4.03. The maximum absolute atomic E-state index is 13.6. The molecule has 0 spiro atoms. The van der Waals surface area contributed by atoms with E-state index in [0.717, 1.165) is 6.42 Å². The first kappa shape index (κ1) is 20.4. The topological polar surface area (TPSA) is 126 Å². The minimum atomic E-state index is -1.03. The van der Waals surface area contributed by atoms with Gasteiger partial charge in [-0.15, -0.1) is 0 Å². The number of nitrogens with one attached hydrogen (secondary N) is 3. The smallest absolute Gasteiger partial charge is 0.274 e. The van der Waals surface area contributed by atoms with Crippen molar-refractivity contribution in [2.75, 3.05) is 17.7 Å². The molecule has 5 rings (SSSR count). The van der Waals surface area contributed by atoms with Crippen molar-refractivity contribution in [3.63, 3.8) is 0 Å². The second-order valence-corrected chi connectivity index (χ2v) is 8.21. The van der Waals surface area contributed by atoms with E-state index < -0.39 is 24.2 Å². The molecule has 3 aromatic rings. The van der Waals surface area contributed by atoms with Crippen LogP contribution in [0.15, 0.2) is 35.4 Å². The van der Waals surface area contributed by atoms with Crippen molar-refractivity contribution in [2.24, 2.45) is 0 Å². The molecule has 2 saturated carbocycles. The second-order valence-electron chi connectivity index (χ2n) is 8.21. The van der Waals surface area contributed by atoms with Crippen LogP contribution in [0.1, 0.15) is 42.1 Å². The lowest BCUT2D eigenvalue weighted by Gasteiger charge is -2.34. The van der Waals surface area contributed by atoms with Gasteiger partial charge in [0.25, 0.3) is 11.5 Å². The number of fused-ring (bicyclic) bond motifs is 1. The van der Waals surface area contributed by atoms with E-state index in [2.05, 4.69) is 26.0 Å². The highest BCUT2D eigenvalue weighted by Crippen LogP contribution is 2.31. The number of hydrogen-bond donors (Lipinski definition) is 4. The molecule has 3 heterocycles. The Morgan fingerprint density at radius 2 is 2.12 bits per heavy atom. The Labute approximate surface area is 182 Å². The third kappa shape index (κ3) is 3.38. The zero-order valence-electron chi connectivity index (χ0n) is 17.5. The number of pyridine rings is 1. The van der Waals surface area contributed by atoms with Crippen LogP contribution in [0.5, 0.6) is 0 Å². The monoisotopic (exact) mass is 441 g/mol. The highest BCUT2D eigenvalue weighted by Gasteiger charge is 2.33. The van der Waals surface area contributed by atoms with Crippen molar-refractivity contribution in [1.29, 1.82) is 0 Å². The fraction of sp³-hybridized carbons (Fsp3) is 0.429. The summed E-state index contributed by atoms with van der Waals surface area (Å²) < 4.78 is 16.6. The number of alkyl halides is 1. The van der Waals surface area contributed by atoms with E-state index >= 15 is 0 Å². The van der Waals surface area contributed by atoms with Crippen LogP contribution in [-0.2, 0) is 0 Å². The van der Waals surface area contributed by atoms with Gasteiger partial charge in [-0.3, -0.25) is 9.59 Å². The molecule has 0 bridgehead atoms. The summed E-state index contributed by atoms with van der Waals surface area (Å²) in [4.78, 5) is 30.1. The Kier molecular flexibility index (Phi) is 5.04. The largest absolute Gasteiger partial charge is 0.391 e. The highest BCUT2D eigenvalue weighted by molar-refractivity contribution is 6.00. The molecule has 3 aromatic heterocycles. The summed E-state index contributed by atoms with van der Waals surface area (Å²) in [6.45, 7) is 0. The van der Waals surface area contributed by atoms with E-state index in [1.54, 1.807) is 31.4 Å². The molecule has 10 nitrogen and oxygen atoms in total. The van der Waals surface area contributed by atoms with Gasteiger partial charge in [0.2, 0.25) is 0 Å². The lowest BCUT2D eigenvalue weighted by molar-refractivity contribution is 0.0300. The molecule has 11 heteroatoms. The maximum atomic E-state index is 13.6. The van der Waals surface area contributed by atoms with E-state index in [1.807, 2.05) is 0 Å². The summed E-state index contributed by atoms with van der Waals surface area (Å²) in [5.74, 6) is 0.446. The SMILES string of the molecule is CNc1cc(Nc2cccn([C@H]3CC[C@H]3O)c2=O)nc2c(C(=O)NC3CC[C@H]3F)cnn12. The van der Waals surface area contributed by atoms with Gasteiger partial charge >= 0.3 is 0 Å². The third-order valence-corrected chi connectivity index (χ3v) is 6.28. The first-order valence-electron chi connectivity index (χ1n) is 10.6. The van der Waals surface area contributed by atoms with Crippen LogP contribution in [0.2, 0.25) is 0 Å². The number of carbonyl (C=O) groups is 1. The van der Waals surface area contributed by atoms with E-state index in [1.165, 1.54) is 15.3 Å². The van der Waals surface area contributed by atoms with Gasteiger partial charge in [0.05, 0.1) is 24.4 Å². The Bertz CT molecular complexity index is 1240. The summed E-state index contributed by atoms with van der Waals surface area (Å²) in [5.41, 5.74) is 0.518. The number of rotatable bonds is 6. The second kappa shape index (κ2) is 7.90. The molecule has 168 valence electrons. The number of aliphatic hydroxyl groups excluding tert-OH is 1. The number of aromatic nitrogens is 4. The van der Waals surface area contributed by atoms with Gasteiger partial charge < -0.3 is 25.6 Å². The summed E-state index contributed by atoms with van der Waals surface area (Å²) >= 11 is 0. The standard InChI is InChI=1S/C21H24FN7O3/c1-23-18-9-17(25-14-3-2-8-28(21(14)32)15-6-7-16(15)30)27-19-11(10-24-29(18)19)20(31)26-13-5-4-12(13)22/h2-3,8-10,12-13,15-16,23,30H,4-7H2,1H3,(H,25,27)(H,26,31)/t12-,13?,15+,16-/m1/s1. The maximum Gasteiger partial charge on any atom is 0.274 e. The molecule has 0 saturated heterocycles. The fourth-order valence-corrected chi connectivity index (χ4v) is 4.03. The molecule has 4 atom stereocenters. The zero-order valence-corrected chi connectivity index (χ0v) is 17.5. The molecule has 0 radical (unpaired) electrons. The summed E-state index contributed by atoms with van der Waals surface area (Å²) in [7, 11) is 1.70. The van der Waals surface area contributed by atoms with Crippen molar-refractivity contribution in [2.45, 2.75) is 50.0 Å². The van der Waals surface area contributed by atoms with E-state index in [4.69, 9.17) is 0 Å². The van der Waals surface area contributed by atoms with Gasteiger partial charge in [-0.2, -0.15) is 9.61 Å². The van der Waals surface area contributed by atoms with Gasteiger partial charge in [0.15, 0.2) is 5.65 Å². The Morgan fingerprint density at radius 1 is 1.28 bits per heavy atom. The Hall–Kier alpha value is -3.47. The molecule has 2 aliphatic rings. The number of halogens is 1. The first-order chi connectivity index (χ1) is 15.5. The van der Waals surface area contributed by atoms with Crippen LogP contribution in [0.25, 0.3) is 5.65 Å². The van der Waals surface area contributed by atoms with Gasteiger partial charge in [0.1, 0.15) is 29.1 Å². The highest BCUT2D eigenvalue weighted by atomic mass is 19.1. The normalized spacial score (nSPS) is 24.5.